The Balaban J connectivity index is 3.80. The lowest BCUT2D eigenvalue weighted by Gasteiger charge is -2.36. The van der Waals surface area contributed by atoms with Crippen LogP contribution in [-0.2, 0) is 0 Å². The van der Waals surface area contributed by atoms with Gasteiger partial charge < -0.3 is 0 Å². The van der Waals surface area contributed by atoms with Crippen molar-refractivity contribution in [2.75, 3.05) is 18.3 Å². The molecule has 0 N–H and O–H groups in total. The van der Waals surface area contributed by atoms with E-state index < -0.39 is 0 Å². The Labute approximate surface area is 112 Å². The van der Waals surface area contributed by atoms with Crippen molar-refractivity contribution in [3.8, 4) is 0 Å². The van der Waals surface area contributed by atoms with Gasteiger partial charge in [-0.15, -0.1) is 0 Å². The Morgan fingerprint density at radius 3 is 1.71 bits per heavy atom. The second kappa shape index (κ2) is 8.45. The molecule has 0 amide bonds. The molecule has 1 heteroatoms. The quantitative estimate of drug-likeness (QED) is 0.499. The first-order valence-electron chi connectivity index (χ1n) is 7.51. The van der Waals surface area contributed by atoms with Crippen LogP contribution in [0.4, 0.5) is 0 Å². The van der Waals surface area contributed by atoms with Gasteiger partial charge in [-0.25, -0.2) is 10.0 Å². The van der Waals surface area contributed by atoms with Gasteiger partial charge >= 0.3 is 0 Å². The number of hydrogen-bond donors (Lipinski definition) is 0. The van der Waals surface area contributed by atoms with Crippen LogP contribution < -0.4 is 0 Å². The summed E-state index contributed by atoms with van der Waals surface area (Å²) in [5.74, 6) is 3.31. The predicted octanol–water partition coefficient (Wildman–Crippen LogP) is 5.70. The molecule has 17 heavy (non-hydrogen) atoms. The van der Waals surface area contributed by atoms with Gasteiger partial charge in [-0.2, -0.15) is 0 Å². The minimum Gasteiger partial charge on any atom is -0.244 e. The van der Waals surface area contributed by atoms with Crippen LogP contribution in [0, 0.1) is 11.8 Å². The molecule has 2 atom stereocenters. The Kier molecular flexibility index (Phi) is 8.63. The first kappa shape index (κ1) is 17.4. The molecule has 0 fully saturated rings. The molecule has 0 heterocycles. The van der Waals surface area contributed by atoms with Crippen molar-refractivity contribution in [2.24, 2.45) is 11.8 Å². The molecule has 0 aromatic carbocycles. The highest BCUT2D eigenvalue weighted by Crippen LogP contribution is 2.45. The molecule has 0 aliphatic heterocycles. The van der Waals surface area contributed by atoms with Gasteiger partial charge in [-0.1, -0.05) is 53.9 Å². The lowest BCUT2D eigenvalue weighted by atomic mass is 9.88. The average Bonchev–Trinajstić information content (AvgIpc) is 2.25. The van der Waals surface area contributed by atoms with E-state index in [-0.39, 0.29) is 10.0 Å². The van der Waals surface area contributed by atoms with Crippen molar-refractivity contribution in [2.45, 2.75) is 72.0 Å². The second-order valence-electron chi connectivity index (χ2n) is 6.62. The summed E-state index contributed by atoms with van der Waals surface area (Å²) in [7, 11) is -0.337. The topological polar surface area (TPSA) is 0 Å². The maximum absolute atomic E-state index is 2.50. The zero-order valence-electron chi connectivity index (χ0n) is 13.4. The van der Waals surface area contributed by atoms with Crippen LogP contribution in [0.2, 0.25) is 0 Å². The van der Waals surface area contributed by atoms with Gasteiger partial charge in [0.05, 0.1) is 0 Å². The Morgan fingerprint density at radius 2 is 1.29 bits per heavy atom. The fourth-order valence-electron chi connectivity index (χ4n) is 2.11. The molecule has 106 valence electrons. The molecule has 0 saturated carbocycles. The minimum atomic E-state index is -0.337. The monoisotopic (exact) mass is 260 g/mol. The summed E-state index contributed by atoms with van der Waals surface area (Å²) < 4.78 is 0. The Bertz CT molecular complexity index is 184. The molecule has 0 aliphatic carbocycles. The van der Waals surface area contributed by atoms with Crippen molar-refractivity contribution in [1.29, 1.82) is 0 Å². The summed E-state index contributed by atoms with van der Waals surface area (Å²) in [6, 6.07) is 0. The van der Waals surface area contributed by atoms with Crippen LogP contribution in [0.5, 0.6) is 0 Å². The van der Waals surface area contributed by atoms with Crippen molar-refractivity contribution in [3.63, 3.8) is 0 Å². The van der Waals surface area contributed by atoms with Crippen LogP contribution in [0.1, 0.15) is 66.7 Å². The van der Waals surface area contributed by atoms with E-state index in [4.69, 9.17) is 0 Å². The van der Waals surface area contributed by atoms with E-state index in [1.165, 1.54) is 37.9 Å². The zero-order chi connectivity index (χ0) is 13.5. The Hall–Kier alpha value is 0.350. The molecule has 2 unspecified atom stereocenters. The molecule has 0 spiro atoms. The van der Waals surface area contributed by atoms with E-state index in [1.54, 1.807) is 0 Å². The van der Waals surface area contributed by atoms with Crippen molar-refractivity contribution >= 4 is 10.0 Å². The van der Waals surface area contributed by atoms with E-state index >= 15 is 0 Å². The minimum absolute atomic E-state index is 0.337. The van der Waals surface area contributed by atoms with Crippen molar-refractivity contribution in [3.05, 3.63) is 0 Å². The molecule has 0 saturated heterocycles. The molecule has 0 aromatic heterocycles. The van der Waals surface area contributed by atoms with Crippen LogP contribution in [-0.4, -0.2) is 23.5 Å². The van der Waals surface area contributed by atoms with Gasteiger partial charge in [-0.3, -0.25) is 0 Å². The molecule has 0 nitrogen and oxygen atoms in total. The first-order valence-corrected chi connectivity index (χ1v) is 10.2. The standard InChI is InChI=1S/C16H36S/c1-8-9-11-15(4)16(5)12-10-13-17(6,7)14(2)3/h14-16H,8-13H2,1-7H3. The van der Waals surface area contributed by atoms with Gasteiger partial charge in [0.25, 0.3) is 0 Å². The van der Waals surface area contributed by atoms with Gasteiger partial charge in [0.1, 0.15) is 0 Å². The summed E-state index contributed by atoms with van der Waals surface area (Å²) in [6.07, 6.45) is 12.1. The molecule has 0 aromatic rings. The summed E-state index contributed by atoms with van der Waals surface area (Å²) in [4.78, 5) is 0. The van der Waals surface area contributed by atoms with Gasteiger partial charge in [0.15, 0.2) is 0 Å². The highest BCUT2D eigenvalue weighted by Gasteiger charge is 2.17. The zero-order valence-corrected chi connectivity index (χ0v) is 14.2. The Morgan fingerprint density at radius 1 is 0.824 bits per heavy atom. The number of rotatable bonds is 9. The highest BCUT2D eigenvalue weighted by atomic mass is 32.3. The van der Waals surface area contributed by atoms with Crippen LogP contribution in [0.25, 0.3) is 0 Å². The van der Waals surface area contributed by atoms with Crippen molar-refractivity contribution < 1.29 is 0 Å². The second-order valence-corrected chi connectivity index (χ2v) is 11.2. The largest absolute Gasteiger partial charge is 0.244 e. The smallest absolute Gasteiger partial charge is 0.0173 e. The molecule has 0 rings (SSSR count). The summed E-state index contributed by atoms with van der Waals surface area (Å²) in [6.45, 7) is 12.0. The predicted molar refractivity (Wildman–Crippen MR) is 86.5 cm³/mol. The van der Waals surface area contributed by atoms with E-state index in [9.17, 15) is 0 Å². The number of hydrogen-bond acceptors (Lipinski definition) is 0. The van der Waals surface area contributed by atoms with Gasteiger partial charge in [0.2, 0.25) is 0 Å². The molecule has 0 radical (unpaired) electrons. The molecular weight excluding hydrogens is 224 g/mol. The molecular formula is C16H36S. The lowest BCUT2D eigenvalue weighted by molar-refractivity contribution is 0.334. The summed E-state index contributed by atoms with van der Waals surface area (Å²) >= 11 is 0. The maximum atomic E-state index is 2.50. The maximum Gasteiger partial charge on any atom is -0.0173 e. The van der Waals surface area contributed by atoms with E-state index in [0.717, 1.165) is 17.1 Å². The first-order chi connectivity index (χ1) is 7.81. The highest BCUT2D eigenvalue weighted by molar-refractivity contribution is 8.33. The SMILES string of the molecule is CCCCC(C)C(C)CCCS(C)(C)C(C)C. The fraction of sp³-hybridized carbons (Fsp3) is 1.00. The van der Waals surface area contributed by atoms with E-state index in [0.29, 0.717) is 0 Å². The van der Waals surface area contributed by atoms with Gasteiger partial charge in [-0.05, 0) is 48.2 Å². The third-order valence-corrected chi connectivity index (χ3v) is 8.48. The van der Waals surface area contributed by atoms with E-state index in [1.807, 2.05) is 0 Å². The third-order valence-electron chi connectivity index (χ3n) is 4.59. The molecule has 0 bridgehead atoms. The summed E-state index contributed by atoms with van der Waals surface area (Å²) in [5, 5.41) is 0.885. The molecule has 0 aliphatic rings. The van der Waals surface area contributed by atoms with E-state index in [2.05, 4.69) is 47.1 Å². The number of unbranched alkanes of at least 4 members (excludes halogenated alkanes) is 1. The van der Waals surface area contributed by atoms with Crippen LogP contribution in [0.3, 0.4) is 0 Å². The fourth-order valence-corrected chi connectivity index (χ4v) is 3.49. The average molecular weight is 261 g/mol. The normalized spacial score (nSPS) is 17.2. The summed E-state index contributed by atoms with van der Waals surface area (Å²) in [5.41, 5.74) is 0. The van der Waals surface area contributed by atoms with Crippen LogP contribution >= 0.6 is 10.0 Å². The van der Waals surface area contributed by atoms with Gasteiger partial charge in [0, 0.05) is 0 Å². The van der Waals surface area contributed by atoms with Crippen molar-refractivity contribution in [1.82, 2.24) is 0 Å². The third kappa shape index (κ3) is 7.39. The van der Waals surface area contributed by atoms with Crippen LogP contribution in [0.15, 0.2) is 0 Å². The lowest BCUT2D eigenvalue weighted by Crippen LogP contribution is -2.14.